The number of nitrogens with zero attached hydrogens (tertiary/aromatic N) is 4. The van der Waals surface area contributed by atoms with Crippen LogP contribution in [-0.4, -0.2) is 19.9 Å². The van der Waals surface area contributed by atoms with Gasteiger partial charge < -0.3 is 0 Å². The molecular weight excluding hydrogens is 176 g/mol. The summed E-state index contributed by atoms with van der Waals surface area (Å²) in [5.41, 5.74) is 1.01. The second-order valence-electron chi connectivity index (χ2n) is 2.65. The van der Waals surface area contributed by atoms with Gasteiger partial charge in [0.1, 0.15) is 12.2 Å². The molecule has 0 amide bonds. The zero-order valence-corrected chi connectivity index (χ0v) is 8.25. The van der Waals surface area contributed by atoms with Gasteiger partial charge in [0.2, 0.25) is 0 Å². The molecule has 0 saturated heterocycles. The van der Waals surface area contributed by atoms with Crippen molar-refractivity contribution in [2.24, 2.45) is 0 Å². The summed E-state index contributed by atoms with van der Waals surface area (Å²) < 4.78 is 0. The van der Waals surface area contributed by atoms with Gasteiger partial charge in [-0.25, -0.2) is 19.9 Å². The maximum absolute atomic E-state index is 3.87. The third kappa shape index (κ3) is 4.25. The first-order valence-electron chi connectivity index (χ1n) is 4.25. The molecule has 14 heavy (non-hydrogen) atoms. The molecular formula is C10H12N4. The molecule has 4 heteroatoms. The fourth-order valence-electron chi connectivity index (χ4n) is 0.730. The maximum Gasteiger partial charge on any atom is 0.125 e. The minimum atomic E-state index is 0.822. The van der Waals surface area contributed by atoms with E-state index in [9.17, 15) is 0 Å². The second kappa shape index (κ2) is 5.75. The van der Waals surface area contributed by atoms with Crippen LogP contribution in [0.4, 0.5) is 0 Å². The van der Waals surface area contributed by atoms with E-state index < -0.39 is 0 Å². The number of aryl methyl sites for hydroxylation is 2. The Labute approximate surface area is 83.1 Å². The summed E-state index contributed by atoms with van der Waals surface area (Å²) in [7, 11) is 0. The van der Waals surface area contributed by atoms with Crippen LogP contribution in [0, 0.1) is 13.8 Å². The van der Waals surface area contributed by atoms with Crippen molar-refractivity contribution in [3.8, 4) is 0 Å². The fraction of sp³-hybridized carbons (Fsp3) is 0.200. The van der Waals surface area contributed by atoms with E-state index in [1.54, 1.807) is 24.7 Å². The number of hydrogen-bond donors (Lipinski definition) is 0. The van der Waals surface area contributed by atoms with Crippen LogP contribution >= 0.6 is 0 Å². The Balaban J connectivity index is 0.000000140. The summed E-state index contributed by atoms with van der Waals surface area (Å²) >= 11 is 0. The molecule has 0 fully saturated rings. The Bertz CT molecular complexity index is 310. The van der Waals surface area contributed by atoms with Crippen LogP contribution < -0.4 is 0 Å². The Morgan fingerprint density at radius 2 is 1.64 bits per heavy atom. The summed E-state index contributed by atoms with van der Waals surface area (Å²) in [5, 5.41) is 0. The van der Waals surface area contributed by atoms with Gasteiger partial charge in [0, 0.05) is 24.3 Å². The first kappa shape index (κ1) is 10.2. The van der Waals surface area contributed by atoms with Gasteiger partial charge >= 0.3 is 0 Å². The average Bonchev–Trinajstić information content (AvgIpc) is 2.21. The first-order chi connectivity index (χ1) is 6.79. The van der Waals surface area contributed by atoms with Crippen molar-refractivity contribution < 1.29 is 0 Å². The molecule has 0 saturated carbocycles. The van der Waals surface area contributed by atoms with E-state index in [4.69, 9.17) is 0 Å². The lowest BCUT2D eigenvalue weighted by molar-refractivity contribution is 1.05. The lowest BCUT2D eigenvalue weighted by Gasteiger charge is -1.81. The minimum absolute atomic E-state index is 0.822. The van der Waals surface area contributed by atoms with E-state index in [2.05, 4.69) is 19.9 Å². The Morgan fingerprint density at radius 1 is 0.929 bits per heavy atom. The zero-order valence-electron chi connectivity index (χ0n) is 8.25. The predicted octanol–water partition coefficient (Wildman–Crippen LogP) is 1.57. The van der Waals surface area contributed by atoms with Gasteiger partial charge in [-0.15, -0.1) is 0 Å². The van der Waals surface area contributed by atoms with Crippen LogP contribution in [0.3, 0.4) is 0 Å². The topological polar surface area (TPSA) is 51.6 Å². The van der Waals surface area contributed by atoms with E-state index in [1.807, 2.05) is 19.9 Å². The van der Waals surface area contributed by atoms with Gasteiger partial charge in [0.15, 0.2) is 0 Å². The lowest BCUT2D eigenvalue weighted by Crippen LogP contribution is -1.80. The Kier molecular flexibility index (Phi) is 4.20. The standard InChI is InChI=1S/2C5H6N2/c1-5-2-3-6-4-7-5;1-5-6-3-2-4-7-5/h2*2-4H,1H3. The van der Waals surface area contributed by atoms with Gasteiger partial charge in [0.25, 0.3) is 0 Å². The highest BCUT2D eigenvalue weighted by atomic mass is 14.8. The van der Waals surface area contributed by atoms with Crippen LogP contribution in [0.15, 0.2) is 37.1 Å². The van der Waals surface area contributed by atoms with Gasteiger partial charge in [-0.3, -0.25) is 0 Å². The molecule has 72 valence electrons. The van der Waals surface area contributed by atoms with Crippen molar-refractivity contribution >= 4 is 0 Å². The molecule has 0 aromatic carbocycles. The molecule has 0 aliphatic rings. The maximum atomic E-state index is 3.87. The summed E-state index contributed by atoms with van der Waals surface area (Å²) in [4.78, 5) is 15.3. The number of hydrogen-bond acceptors (Lipinski definition) is 4. The van der Waals surface area contributed by atoms with E-state index in [0.717, 1.165) is 11.5 Å². The second-order valence-corrected chi connectivity index (χ2v) is 2.65. The van der Waals surface area contributed by atoms with E-state index in [-0.39, 0.29) is 0 Å². The van der Waals surface area contributed by atoms with Gasteiger partial charge in [0.05, 0.1) is 0 Å². The molecule has 2 heterocycles. The zero-order chi connectivity index (χ0) is 10.2. The molecule has 2 rings (SSSR count). The molecule has 0 bridgehead atoms. The molecule has 0 radical (unpaired) electrons. The van der Waals surface area contributed by atoms with Crippen molar-refractivity contribution in [2.75, 3.05) is 0 Å². The molecule has 2 aromatic heterocycles. The summed E-state index contributed by atoms with van der Waals surface area (Å²) in [6.07, 6.45) is 6.71. The Hall–Kier alpha value is -1.84. The quantitative estimate of drug-likeness (QED) is 0.629. The predicted molar refractivity (Wildman–Crippen MR) is 53.5 cm³/mol. The Morgan fingerprint density at radius 3 is 1.93 bits per heavy atom. The highest BCUT2D eigenvalue weighted by Crippen LogP contribution is 1.82. The minimum Gasteiger partial charge on any atom is -0.245 e. The molecule has 2 aromatic rings. The van der Waals surface area contributed by atoms with Crippen LogP contribution in [0.25, 0.3) is 0 Å². The molecule has 0 spiro atoms. The van der Waals surface area contributed by atoms with Gasteiger partial charge in [-0.05, 0) is 26.0 Å². The van der Waals surface area contributed by atoms with Crippen molar-refractivity contribution in [3.63, 3.8) is 0 Å². The van der Waals surface area contributed by atoms with Crippen LogP contribution in [0.5, 0.6) is 0 Å². The van der Waals surface area contributed by atoms with Crippen molar-refractivity contribution in [1.29, 1.82) is 0 Å². The van der Waals surface area contributed by atoms with E-state index >= 15 is 0 Å². The normalized spacial score (nSPS) is 8.71. The monoisotopic (exact) mass is 188 g/mol. The SMILES string of the molecule is Cc1ccncn1.Cc1ncccn1. The lowest BCUT2D eigenvalue weighted by atomic mass is 10.5. The average molecular weight is 188 g/mol. The molecule has 4 nitrogen and oxygen atoms in total. The van der Waals surface area contributed by atoms with Crippen LogP contribution in [0.2, 0.25) is 0 Å². The van der Waals surface area contributed by atoms with Crippen molar-refractivity contribution in [3.05, 3.63) is 48.6 Å². The molecule has 0 aliphatic carbocycles. The summed E-state index contributed by atoms with van der Waals surface area (Å²) in [6.45, 7) is 3.79. The number of rotatable bonds is 0. The fourth-order valence-corrected chi connectivity index (χ4v) is 0.730. The van der Waals surface area contributed by atoms with Gasteiger partial charge in [-0.1, -0.05) is 0 Å². The summed E-state index contributed by atoms with van der Waals surface area (Å²) in [5.74, 6) is 0.822. The third-order valence-electron chi connectivity index (χ3n) is 1.42. The van der Waals surface area contributed by atoms with Crippen LogP contribution in [-0.2, 0) is 0 Å². The molecule has 0 N–H and O–H groups in total. The smallest absolute Gasteiger partial charge is 0.125 e. The summed E-state index contributed by atoms with van der Waals surface area (Å²) in [6, 6.07) is 3.66. The molecule has 0 atom stereocenters. The first-order valence-corrected chi connectivity index (χ1v) is 4.25. The van der Waals surface area contributed by atoms with Crippen molar-refractivity contribution in [2.45, 2.75) is 13.8 Å². The third-order valence-corrected chi connectivity index (χ3v) is 1.42. The van der Waals surface area contributed by atoms with E-state index in [1.165, 1.54) is 6.33 Å². The largest absolute Gasteiger partial charge is 0.245 e. The highest BCUT2D eigenvalue weighted by molar-refractivity contribution is 4.92. The van der Waals surface area contributed by atoms with Gasteiger partial charge in [-0.2, -0.15) is 0 Å². The molecule has 0 unspecified atom stereocenters. The van der Waals surface area contributed by atoms with Crippen LogP contribution in [0.1, 0.15) is 11.5 Å². The van der Waals surface area contributed by atoms with Crippen molar-refractivity contribution in [1.82, 2.24) is 19.9 Å². The highest BCUT2D eigenvalue weighted by Gasteiger charge is 1.75. The van der Waals surface area contributed by atoms with E-state index in [0.29, 0.717) is 0 Å². The number of aromatic nitrogens is 4. The molecule has 0 aliphatic heterocycles.